The molecule has 1 aromatic heterocycles. The normalized spacial score (nSPS) is 11.7. The molecule has 1 rings (SSSR count). The molecule has 3 heteroatoms. The van der Waals surface area contributed by atoms with Gasteiger partial charge in [-0.3, -0.25) is 4.98 Å². The lowest BCUT2D eigenvalue weighted by atomic mass is 10.1. The van der Waals surface area contributed by atoms with E-state index in [0.717, 1.165) is 5.69 Å². The zero-order valence-corrected chi connectivity index (χ0v) is 7.49. The van der Waals surface area contributed by atoms with E-state index in [9.17, 15) is 0 Å². The zero-order chi connectivity index (χ0) is 9.68. The van der Waals surface area contributed by atoms with Gasteiger partial charge >= 0.3 is 0 Å². The van der Waals surface area contributed by atoms with Gasteiger partial charge in [0.15, 0.2) is 0 Å². The van der Waals surface area contributed by atoms with Gasteiger partial charge in [0.25, 0.3) is 0 Å². The molecule has 3 nitrogen and oxygen atoms in total. The van der Waals surface area contributed by atoms with Crippen LogP contribution >= 0.6 is 0 Å². The molecule has 0 spiro atoms. The number of rotatable bonds is 2. The number of hydrogen-bond acceptors (Lipinski definition) is 3. The van der Waals surface area contributed by atoms with Crippen LogP contribution in [-0.2, 0) is 6.42 Å². The van der Waals surface area contributed by atoms with E-state index in [-0.39, 0.29) is 0 Å². The Kier molecular flexibility index (Phi) is 3.04. The van der Waals surface area contributed by atoms with Gasteiger partial charge in [-0.05, 0) is 19.1 Å². The predicted octanol–water partition coefficient (Wildman–Crippen LogP) is 1.38. The molecule has 0 saturated heterocycles. The van der Waals surface area contributed by atoms with Gasteiger partial charge < -0.3 is 5.73 Å². The van der Waals surface area contributed by atoms with Crippen LogP contribution in [0.15, 0.2) is 35.7 Å². The van der Waals surface area contributed by atoms with Crippen molar-refractivity contribution in [3.05, 3.63) is 41.4 Å². The molecule has 0 aliphatic rings. The van der Waals surface area contributed by atoms with E-state index >= 15 is 0 Å². The summed E-state index contributed by atoms with van der Waals surface area (Å²) in [5.41, 5.74) is 7.53. The van der Waals surface area contributed by atoms with E-state index in [1.165, 1.54) is 0 Å². The van der Waals surface area contributed by atoms with Crippen molar-refractivity contribution < 1.29 is 0 Å². The highest BCUT2D eigenvalue weighted by Crippen LogP contribution is 2.05. The summed E-state index contributed by atoms with van der Waals surface area (Å²) < 4.78 is 0. The summed E-state index contributed by atoms with van der Waals surface area (Å²) >= 11 is 0. The van der Waals surface area contributed by atoms with Crippen molar-refractivity contribution in [2.75, 3.05) is 0 Å². The maximum Gasteiger partial charge on any atom is 0.0969 e. The first kappa shape index (κ1) is 9.27. The molecular formula is C10H11N3. The molecule has 0 aromatic carbocycles. The molecule has 0 aliphatic heterocycles. The third-order valence-corrected chi connectivity index (χ3v) is 1.70. The molecular weight excluding hydrogens is 162 g/mol. The molecule has 0 bridgehead atoms. The highest BCUT2D eigenvalue weighted by Gasteiger charge is 2.01. The summed E-state index contributed by atoms with van der Waals surface area (Å²) in [6.45, 7) is 1.72. The molecule has 0 saturated carbocycles. The van der Waals surface area contributed by atoms with E-state index in [1.807, 2.05) is 18.2 Å². The summed E-state index contributed by atoms with van der Waals surface area (Å²) in [4.78, 5) is 4.11. The fraction of sp³-hybridized carbons (Fsp3) is 0.200. The Morgan fingerprint density at radius 2 is 2.38 bits per heavy atom. The fourth-order valence-corrected chi connectivity index (χ4v) is 0.951. The summed E-state index contributed by atoms with van der Waals surface area (Å²) in [5, 5.41) is 8.74. The molecule has 66 valence electrons. The van der Waals surface area contributed by atoms with Crippen LogP contribution < -0.4 is 5.73 Å². The first-order valence-corrected chi connectivity index (χ1v) is 3.99. The van der Waals surface area contributed by atoms with Crippen LogP contribution in [-0.4, -0.2) is 4.98 Å². The highest BCUT2D eigenvalue weighted by molar-refractivity contribution is 5.29. The van der Waals surface area contributed by atoms with Gasteiger partial charge in [-0.25, -0.2) is 0 Å². The lowest BCUT2D eigenvalue weighted by Crippen LogP contribution is -2.00. The Bertz CT molecular complexity index is 342. The number of nitrogens with two attached hydrogens (primary N) is 1. The van der Waals surface area contributed by atoms with Crippen LogP contribution in [0, 0.1) is 11.3 Å². The van der Waals surface area contributed by atoms with Gasteiger partial charge in [0.2, 0.25) is 0 Å². The van der Waals surface area contributed by atoms with E-state index in [0.29, 0.717) is 17.7 Å². The molecule has 1 heterocycles. The molecule has 0 radical (unpaired) electrons. The standard InChI is InChI=1S/C10H11N3/c1-8(12)9(7-11)6-10-4-2-3-5-13-10/h2-5H,6,12H2,1H3/b9-8-. The van der Waals surface area contributed by atoms with Gasteiger partial charge in [-0.2, -0.15) is 5.26 Å². The Morgan fingerprint density at radius 1 is 1.62 bits per heavy atom. The maximum atomic E-state index is 8.74. The monoisotopic (exact) mass is 173 g/mol. The Morgan fingerprint density at radius 3 is 2.85 bits per heavy atom. The van der Waals surface area contributed by atoms with Crippen LogP contribution in [0.5, 0.6) is 0 Å². The molecule has 0 atom stereocenters. The molecule has 0 aliphatic carbocycles. The summed E-state index contributed by atoms with van der Waals surface area (Å²) in [7, 11) is 0. The lowest BCUT2D eigenvalue weighted by Gasteiger charge is -1.99. The molecule has 0 fully saturated rings. The van der Waals surface area contributed by atoms with Crippen molar-refractivity contribution in [1.29, 1.82) is 5.26 Å². The number of aromatic nitrogens is 1. The van der Waals surface area contributed by atoms with Crippen LogP contribution in [0.4, 0.5) is 0 Å². The van der Waals surface area contributed by atoms with E-state index in [4.69, 9.17) is 11.0 Å². The van der Waals surface area contributed by atoms with Gasteiger partial charge in [-0.15, -0.1) is 0 Å². The molecule has 2 N–H and O–H groups in total. The Labute approximate surface area is 77.5 Å². The maximum absolute atomic E-state index is 8.74. The number of nitriles is 1. The number of nitrogens with zero attached hydrogens (tertiary/aromatic N) is 2. The second-order valence-electron chi connectivity index (χ2n) is 2.77. The first-order valence-electron chi connectivity index (χ1n) is 3.99. The van der Waals surface area contributed by atoms with E-state index in [2.05, 4.69) is 11.1 Å². The van der Waals surface area contributed by atoms with E-state index in [1.54, 1.807) is 13.1 Å². The van der Waals surface area contributed by atoms with Crippen molar-refractivity contribution in [2.45, 2.75) is 13.3 Å². The molecule has 13 heavy (non-hydrogen) atoms. The highest BCUT2D eigenvalue weighted by atomic mass is 14.7. The average molecular weight is 173 g/mol. The quantitative estimate of drug-likeness (QED) is 0.687. The van der Waals surface area contributed by atoms with Gasteiger partial charge in [0.1, 0.15) is 0 Å². The molecule has 0 amide bonds. The average Bonchev–Trinajstić information content (AvgIpc) is 2.15. The van der Waals surface area contributed by atoms with Crippen molar-refractivity contribution in [1.82, 2.24) is 4.98 Å². The second-order valence-corrected chi connectivity index (χ2v) is 2.77. The number of pyridine rings is 1. The minimum absolute atomic E-state index is 0.514. The van der Waals surface area contributed by atoms with Crippen LogP contribution in [0.3, 0.4) is 0 Å². The van der Waals surface area contributed by atoms with Crippen LogP contribution in [0.25, 0.3) is 0 Å². The van der Waals surface area contributed by atoms with Crippen molar-refractivity contribution in [3.8, 4) is 6.07 Å². The SMILES string of the molecule is C/C(N)=C(/C#N)Cc1ccccn1. The van der Waals surface area contributed by atoms with Crippen LogP contribution in [0.2, 0.25) is 0 Å². The molecule has 1 aromatic rings. The van der Waals surface area contributed by atoms with Crippen molar-refractivity contribution in [2.24, 2.45) is 5.73 Å². The predicted molar refractivity (Wildman–Crippen MR) is 50.4 cm³/mol. The summed E-state index contributed by atoms with van der Waals surface area (Å²) in [5.74, 6) is 0. The number of allylic oxidation sites excluding steroid dienone is 2. The lowest BCUT2D eigenvalue weighted by molar-refractivity contribution is 1.05. The third kappa shape index (κ3) is 2.60. The number of hydrogen-bond donors (Lipinski definition) is 1. The minimum Gasteiger partial charge on any atom is -0.401 e. The van der Waals surface area contributed by atoms with Gasteiger partial charge in [0, 0.05) is 24.0 Å². The van der Waals surface area contributed by atoms with E-state index < -0.39 is 0 Å². The summed E-state index contributed by atoms with van der Waals surface area (Å²) in [6.07, 6.45) is 2.22. The van der Waals surface area contributed by atoms with Gasteiger partial charge in [-0.1, -0.05) is 6.07 Å². The minimum atomic E-state index is 0.514. The molecule has 0 unspecified atom stereocenters. The Balaban J connectivity index is 2.82. The van der Waals surface area contributed by atoms with Crippen molar-refractivity contribution >= 4 is 0 Å². The van der Waals surface area contributed by atoms with Crippen molar-refractivity contribution in [3.63, 3.8) is 0 Å². The smallest absolute Gasteiger partial charge is 0.0969 e. The topological polar surface area (TPSA) is 62.7 Å². The third-order valence-electron chi connectivity index (χ3n) is 1.70. The zero-order valence-electron chi connectivity index (χ0n) is 7.49. The first-order chi connectivity index (χ1) is 6.24. The largest absolute Gasteiger partial charge is 0.401 e. The fourth-order valence-electron chi connectivity index (χ4n) is 0.951. The summed E-state index contributed by atoms with van der Waals surface area (Å²) in [6, 6.07) is 7.67. The van der Waals surface area contributed by atoms with Gasteiger partial charge in [0.05, 0.1) is 11.6 Å². The van der Waals surface area contributed by atoms with Crippen LogP contribution in [0.1, 0.15) is 12.6 Å². The second kappa shape index (κ2) is 4.27. The Hall–Kier alpha value is -1.82.